The normalized spacial score (nSPS) is 10.3. The highest BCUT2D eigenvalue weighted by Gasteiger charge is 2.04. The van der Waals surface area contributed by atoms with Crippen molar-refractivity contribution in [3.05, 3.63) is 72.4 Å². The summed E-state index contributed by atoms with van der Waals surface area (Å²) in [5, 5.41) is 0. The Bertz CT molecular complexity index is 836. The molecule has 3 rings (SSSR count). The molecule has 0 unspecified atom stereocenters. The molecule has 0 fully saturated rings. The number of rotatable bonds is 7. The summed E-state index contributed by atoms with van der Waals surface area (Å²) in [6, 6.07) is 15.0. The van der Waals surface area contributed by atoms with Gasteiger partial charge in [-0.05, 0) is 54.6 Å². The van der Waals surface area contributed by atoms with Crippen molar-refractivity contribution in [3.8, 4) is 22.8 Å². The lowest BCUT2D eigenvalue weighted by Gasteiger charge is -2.07. The first-order valence-electron chi connectivity index (χ1n) is 7.65. The predicted molar refractivity (Wildman–Crippen MR) is 89.7 cm³/mol. The van der Waals surface area contributed by atoms with Crippen LogP contribution in [0.15, 0.2) is 60.8 Å². The Hall–Kier alpha value is -3.28. The fraction of sp³-hybridized carbons (Fsp3) is 0.105. The Morgan fingerprint density at radius 3 is 2.32 bits per heavy atom. The van der Waals surface area contributed by atoms with Gasteiger partial charge in [0.15, 0.2) is 0 Å². The lowest BCUT2D eigenvalue weighted by molar-refractivity contribution is -0.128. The zero-order valence-corrected chi connectivity index (χ0v) is 13.3. The number of aromatic nitrogens is 2. The maximum atomic E-state index is 12.9. The zero-order chi connectivity index (χ0) is 17.5. The number of nitrogens with zero attached hydrogens (tertiary/aromatic N) is 2. The van der Waals surface area contributed by atoms with Crippen molar-refractivity contribution < 1.29 is 18.7 Å². The summed E-state index contributed by atoms with van der Waals surface area (Å²) in [6.07, 6.45) is 2.12. The summed E-state index contributed by atoms with van der Waals surface area (Å²) in [4.78, 5) is 18.8. The van der Waals surface area contributed by atoms with Crippen LogP contribution in [0, 0.1) is 5.82 Å². The van der Waals surface area contributed by atoms with Gasteiger partial charge < -0.3 is 9.47 Å². The minimum Gasteiger partial charge on any atom is -0.467 e. The van der Waals surface area contributed by atoms with Crippen molar-refractivity contribution in [1.82, 2.24) is 9.97 Å². The smallest absolute Gasteiger partial charge is 0.293 e. The zero-order valence-electron chi connectivity index (χ0n) is 13.3. The van der Waals surface area contributed by atoms with Crippen LogP contribution in [0.4, 0.5) is 4.39 Å². The van der Waals surface area contributed by atoms with Gasteiger partial charge in [-0.3, -0.25) is 4.79 Å². The standard InChI is InChI=1S/C19H15FN2O3/c20-15-3-7-17(8-4-15)25-16-5-1-14(2-6-16)18-9-11-21-19(22-18)10-12-24-13-23/h1-9,11,13H,10,12H2. The van der Waals surface area contributed by atoms with Crippen LogP contribution in [-0.4, -0.2) is 23.0 Å². The molecule has 0 aliphatic heterocycles. The summed E-state index contributed by atoms with van der Waals surface area (Å²) in [7, 11) is 0. The minimum atomic E-state index is -0.305. The van der Waals surface area contributed by atoms with E-state index in [2.05, 4.69) is 14.7 Å². The highest BCUT2D eigenvalue weighted by atomic mass is 19.1. The monoisotopic (exact) mass is 338 g/mol. The van der Waals surface area contributed by atoms with E-state index in [0.29, 0.717) is 30.2 Å². The quantitative estimate of drug-likeness (QED) is 0.484. The number of carbonyl (C=O) groups excluding carboxylic acids is 1. The van der Waals surface area contributed by atoms with Crippen molar-refractivity contribution >= 4 is 6.47 Å². The van der Waals surface area contributed by atoms with Crippen molar-refractivity contribution in [2.24, 2.45) is 0 Å². The Labute approximate surface area is 144 Å². The average molecular weight is 338 g/mol. The number of halogens is 1. The molecule has 0 saturated heterocycles. The van der Waals surface area contributed by atoms with Gasteiger partial charge in [-0.15, -0.1) is 0 Å². The summed E-state index contributed by atoms with van der Waals surface area (Å²) in [6.45, 7) is 0.654. The molecule has 5 nitrogen and oxygen atoms in total. The highest BCUT2D eigenvalue weighted by Crippen LogP contribution is 2.25. The molecular weight excluding hydrogens is 323 g/mol. The Balaban J connectivity index is 1.70. The van der Waals surface area contributed by atoms with Crippen LogP contribution in [0.25, 0.3) is 11.3 Å². The van der Waals surface area contributed by atoms with Gasteiger partial charge in [-0.1, -0.05) is 0 Å². The van der Waals surface area contributed by atoms with Crippen LogP contribution in [0.2, 0.25) is 0 Å². The average Bonchev–Trinajstić information content (AvgIpc) is 2.65. The lowest BCUT2D eigenvalue weighted by Crippen LogP contribution is -2.02. The Morgan fingerprint density at radius 1 is 0.960 bits per heavy atom. The first kappa shape index (κ1) is 16.6. The fourth-order valence-corrected chi connectivity index (χ4v) is 2.21. The largest absolute Gasteiger partial charge is 0.467 e. The Morgan fingerprint density at radius 2 is 1.64 bits per heavy atom. The van der Waals surface area contributed by atoms with Gasteiger partial charge in [-0.25, -0.2) is 14.4 Å². The second kappa shape index (κ2) is 8.01. The van der Waals surface area contributed by atoms with E-state index in [4.69, 9.17) is 4.74 Å². The van der Waals surface area contributed by atoms with E-state index in [9.17, 15) is 9.18 Å². The summed E-state index contributed by atoms with van der Waals surface area (Å²) in [5.41, 5.74) is 1.68. The number of benzene rings is 2. The molecule has 1 aromatic heterocycles. The molecule has 0 saturated carbocycles. The molecule has 6 heteroatoms. The molecule has 25 heavy (non-hydrogen) atoms. The third-order valence-corrected chi connectivity index (χ3v) is 3.42. The van der Waals surface area contributed by atoms with Crippen molar-refractivity contribution in [3.63, 3.8) is 0 Å². The maximum Gasteiger partial charge on any atom is 0.293 e. The van der Waals surface area contributed by atoms with Crippen LogP contribution in [0.3, 0.4) is 0 Å². The van der Waals surface area contributed by atoms with Gasteiger partial charge in [0.25, 0.3) is 6.47 Å². The van der Waals surface area contributed by atoms with E-state index in [1.807, 2.05) is 24.3 Å². The second-order valence-corrected chi connectivity index (χ2v) is 5.16. The summed E-state index contributed by atoms with van der Waals surface area (Å²) in [5.74, 6) is 1.50. The molecule has 0 N–H and O–H groups in total. The van der Waals surface area contributed by atoms with Crippen LogP contribution >= 0.6 is 0 Å². The molecule has 126 valence electrons. The van der Waals surface area contributed by atoms with Crippen LogP contribution < -0.4 is 4.74 Å². The van der Waals surface area contributed by atoms with Crippen LogP contribution in [0.5, 0.6) is 11.5 Å². The van der Waals surface area contributed by atoms with E-state index >= 15 is 0 Å². The molecule has 0 atom stereocenters. The summed E-state index contributed by atoms with van der Waals surface area (Å²) >= 11 is 0. The predicted octanol–water partition coefficient (Wildman–Crippen LogP) is 3.79. The van der Waals surface area contributed by atoms with Crippen LogP contribution in [-0.2, 0) is 16.0 Å². The van der Waals surface area contributed by atoms with Gasteiger partial charge in [0.05, 0.1) is 12.3 Å². The van der Waals surface area contributed by atoms with E-state index in [-0.39, 0.29) is 12.4 Å². The topological polar surface area (TPSA) is 61.3 Å². The van der Waals surface area contributed by atoms with Crippen molar-refractivity contribution in [2.45, 2.75) is 6.42 Å². The minimum absolute atomic E-state index is 0.247. The fourth-order valence-electron chi connectivity index (χ4n) is 2.21. The molecule has 1 heterocycles. The van der Waals surface area contributed by atoms with Crippen molar-refractivity contribution in [2.75, 3.05) is 6.61 Å². The van der Waals surface area contributed by atoms with E-state index in [1.54, 1.807) is 24.4 Å². The van der Waals surface area contributed by atoms with E-state index in [1.165, 1.54) is 12.1 Å². The maximum absolute atomic E-state index is 12.9. The number of ether oxygens (including phenoxy) is 2. The lowest BCUT2D eigenvalue weighted by atomic mass is 10.1. The molecule has 0 aliphatic carbocycles. The molecule has 0 bridgehead atoms. The molecule has 0 radical (unpaired) electrons. The number of carbonyl (C=O) groups is 1. The van der Waals surface area contributed by atoms with Crippen LogP contribution in [0.1, 0.15) is 5.82 Å². The SMILES string of the molecule is O=COCCc1nccc(-c2ccc(Oc3ccc(F)cc3)cc2)n1. The molecule has 0 amide bonds. The van der Waals surface area contributed by atoms with E-state index in [0.717, 1.165) is 11.3 Å². The molecule has 0 spiro atoms. The third kappa shape index (κ3) is 4.60. The first-order valence-corrected chi connectivity index (χ1v) is 7.65. The Kier molecular flexibility index (Phi) is 5.31. The first-order chi connectivity index (χ1) is 12.2. The molecule has 2 aromatic carbocycles. The van der Waals surface area contributed by atoms with Gasteiger partial charge in [-0.2, -0.15) is 0 Å². The number of hydrogen-bond donors (Lipinski definition) is 0. The molecular formula is C19H15FN2O3. The van der Waals surface area contributed by atoms with Gasteiger partial charge in [0.1, 0.15) is 23.1 Å². The molecule has 0 aliphatic rings. The molecule has 3 aromatic rings. The second-order valence-electron chi connectivity index (χ2n) is 5.16. The van der Waals surface area contributed by atoms with E-state index < -0.39 is 0 Å². The van der Waals surface area contributed by atoms with Gasteiger partial charge in [0.2, 0.25) is 0 Å². The highest BCUT2D eigenvalue weighted by molar-refractivity contribution is 5.59. The number of hydrogen-bond acceptors (Lipinski definition) is 5. The summed E-state index contributed by atoms with van der Waals surface area (Å²) < 4.78 is 23.2. The van der Waals surface area contributed by atoms with Gasteiger partial charge in [0, 0.05) is 18.2 Å². The van der Waals surface area contributed by atoms with Crippen molar-refractivity contribution in [1.29, 1.82) is 0 Å². The third-order valence-electron chi connectivity index (χ3n) is 3.42. The van der Waals surface area contributed by atoms with Gasteiger partial charge >= 0.3 is 0 Å².